The second-order valence-corrected chi connectivity index (χ2v) is 2.75. The Morgan fingerprint density at radius 1 is 1.29 bits per heavy atom. The lowest BCUT2D eigenvalue weighted by Gasteiger charge is -2.09. The molecule has 0 unspecified atom stereocenters. The molecular weight excluding hydrogens is 197 g/mol. The monoisotopic (exact) mass is 204 g/mol. The van der Waals surface area contributed by atoms with Crippen LogP contribution in [0.4, 0.5) is 13.2 Å². The average molecular weight is 204 g/mol. The smallest absolute Gasteiger partial charge is 0.406 e. The molecule has 1 rings (SSSR count). The minimum Gasteiger partial charge on any atom is -0.406 e. The molecule has 0 saturated carbocycles. The van der Waals surface area contributed by atoms with Gasteiger partial charge in [-0.1, -0.05) is 0 Å². The first-order chi connectivity index (χ1) is 6.40. The number of alkyl halides is 3. The van der Waals surface area contributed by atoms with Crippen LogP contribution in [0.1, 0.15) is 15.9 Å². The van der Waals surface area contributed by atoms with Crippen molar-refractivity contribution in [1.82, 2.24) is 0 Å². The molecule has 0 bridgehead atoms. The molecule has 0 saturated heterocycles. The van der Waals surface area contributed by atoms with Crippen LogP contribution in [0.25, 0.3) is 0 Å². The van der Waals surface area contributed by atoms with Gasteiger partial charge in [0.05, 0.1) is 0 Å². The summed E-state index contributed by atoms with van der Waals surface area (Å²) < 4.78 is 39.1. The Morgan fingerprint density at radius 3 is 2.43 bits per heavy atom. The van der Waals surface area contributed by atoms with Gasteiger partial charge in [-0.05, 0) is 30.7 Å². The highest BCUT2D eigenvalue weighted by Gasteiger charge is 2.31. The Bertz CT molecular complexity index is 344. The van der Waals surface area contributed by atoms with Crippen molar-refractivity contribution in [3.63, 3.8) is 0 Å². The van der Waals surface area contributed by atoms with Crippen LogP contribution in [0.15, 0.2) is 18.2 Å². The van der Waals surface area contributed by atoms with Crippen LogP contribution in [0.2, 0.25) is 0 Å². The summed E-state index contributed by atoms with van der Waals surface area (Å²) in [6.45, 7) is 1.58. The number of hydrogen-bond donors (Lipinski definition) is 0. The molecule has 0 radical (unpaired) electrons. The Morgan fingerprint density at radius 2 is 1.93 bits per heavy atom. The van der Waals surface area contributed by atoms with Gasteiger partial charge in [0.2, 0.25) is 0 Å². The van der Waals surface area contributed by atoms with E-state index in [2.05, 4.69) is 4.74 Å². The number of ether oxygens (including phenoxy) is 1. The molecule has 0 heterocycles. The molecule has 14 heavy (non-hydrogen) atoms. The number of benzene rings is 1. The van der Waals surface area contributed by atoms with E-state index in [1.165, 1.54) is 12.1 Å². The highest BCUT2D eigenvalue weighted by Crippen LogP contribution is 2.24. The van der Waals surface area contributed by atoms with Crippen LogP contribution in [0, 0.1) is 6.92 Å². The molecule has 0 aliphatic heterocycles. The third-order valence-electron chi connectivity index (χ3n) is 1.44. The average Bonchev–Trinajstić information content (AvgIpc) is 1.99. The normalized spacial score (nSPS) is 11.1. The van der Waals surface area contributed by atoms with Gasteiger partial charge in [-0.2, -0.15) is 0 Å². The van der Waals surface area contributed by atoms with Gasteiger partial charge in [0.15, 0.2) is 0 Å². The van der Waals surface area contributed by atoms with E-state index in [-0.39, 0.29) is 11.3 Å². The number of rotatable bonds is 2. The molecule has 0 aliphatic carbocycles. The van der Waals surface area contributed by atoms with Crippen molar-refractivity contribution < 1.29 is 22.7 Å². The molecule has 1 aromatic rings. The standard InChI is InChI=1S/C9H7F3O2/c1-6-2-7(5-13)4-8(3-6)14-9(10,11)12/h2-5H,1H3. The van der Waals surface area contributed by atoms with Gasteiger partial charge in [-0.3, -0.25) is 4.79 Å². The lowest BCUT2D eigenvalue weighted by molar-refractivity contribution is -0.274. The van der Waals surface area contributed by atoms with Crippen molar-refractivity contribution in [2.24, 2.45) is 0 Å². The van der Waals surface area contributed by atoms with Gasteiger partial charge in [-0.25, -0.2) is 0 Å². The first-order valence-electron chi connectivity index (χ1n) is 3.73. The molecule has 1 aromatic carbocycles. The van der Waals surface area contributed by atoms with Crippen molar-refractivity contribution in [3.8, 4) is 5.75 Å². The van der Waals surface area contributed by atoms with Gasteiger partial charge >= 0.3 is 6.36 Å². The van der Waals surface area contributed by atoms with Crippen LogP contribution in [-0.4, -0.2) is 12.6 Å². The molecule has 0 spiro atoms. The summed E-state index contributed by atoms with van der Waals surface area (Å²) in [5, 5.41) is 0. The van der Waals surface area contributed by atoms with Crippen molar-refractivity contribution in [2.75, 3.05) is 0 Å². The second-order valence-electron chi connectivity index (χ2n) is 2.75. The number of aldehydes is 1. The zero-order valence-electron chi connectivity index (χ0n) is 7.26. The minimum absolute atomic E-state index is 0.157. The summed E-state index contributed by atoms with van der Waals surface area (Å²) in [5.41, 5.74) is 0.693. The number of carbonyl (C=O) groups is 1. The van der Waals surface area contributed by atoms with Gasteiger partial charge in [-0.15, -0.1) is 13.2 Å². The lowest BCUT2D eigenvalue weighted by Crippen LogP contribution is -2.17. The summed E-state index contributed by atoms with van der Waals surface area (Å²) in [5.74, 6) is -0.375. The molecule has 0 atom stereocenters. The predicted octanol–water partition coefficient (Wildman–Crippen LogP) is 2.71. The molecule has 2 nitrogen and oxygen atoms in total. The molecule has 0 aliphatic rings. The molecule has 0 aromatic heterocycles. The van der Waals surface area contributed by atoms with Crippen molar-refractivity contribution in [2.45, 2.75) is 13.3 Å². The highest BCUT2D eigenvalue weighted by atomic mass is 19.4. The highest BCUT2D eigenvalue weighted by molar-refractivity contribution is 5.76. The van der Waals surface area contributed by atoms with E-state index in [9.17, 15) is 18.0 Å². The summed E-state index contributed by atoms with van der Waals surface area (Å²) in [7, 11) is 0. The van der Waals surface area contributed by atoms with E-state index in [4.69, 9.17) is 0 Å². The van der Waals surface area contributed by atoms with Crippen LogP contribution in [0.3, 0.4) is 0 Å². The zero-order chi connectivity index (χ0) is 10.8. The van der Waals surface area contributed by atoms with Gasteiger partial charge < -0.3 is 4.74 Å². The number of carbonyl (C=O) groups excluding carboxylic acids is 1. The maximum Gasteiger partial charge on any atom is 0.573 e. The van der Waals surface area contributed by atoms with Crippen LogP contribution < -0.4 is 4.74 Å². The topological polar surface area (TPSA) is 26.3 Å². The fraction of sp³-hybridized carbons (Fsp3) is 0.222. The van der Waals surface area contributed by atoms with Crippen LogP contribution in [-0.2, 0) is 0 Å². The fourth-order valence-electron chi connectivity index (χ4n) is 1.04. The number of hydrogen-bond acceptors (Lipinski definition) is 2. The third kappa shape index (κ3) is 3.08. The molecule has 0 N–H and O–H groups in total. The Balaban J connectivity index is 2.98. The molecule has 0 amide bonds. The van der Waals surface area contributed by atoms with Gasteiger partial charge in [0.1, 0.15) is 12.0 Å². The second kappa shape index (κ2) is 3.69. The predicted molar refractivity (Wildman–Crippen MR) is 43.2 cm³/mol. The Kier molecular flexibility index (Phi) is 2.78. The molecule has 0 fully saturated rings. The SMILES string of the molecule is Cc1cc(C=O)cc(OC(F)(F)F)c1. The third-order valence-corrected chi connectivity index (χ3v) is 1.44. The number of aryl methyl sites for hydroxylation is 1. The largest absolute Gasteiger partial charge is 0.573 e. The summed E-state index contributed by atoms with van der Waals surface area (Å²) >= 11 is 0. The van der Waals surface area contributed by atoms with Crippen molar-refractivity contribution in [3.05, 3.63) is 29.3 Å². The summed E-state index contributed by atoms with van der Waals surface area (Å²) in [6.07, 6.45) is -4.26. The van der Waals surface area contributed by atoms with E-state index in [1.54, 1.807) is 6.92 Å². The van der Waals surface area contributed by atoms with Crippen LogP contribution in [0.5, 0.6) is 5.75 Å². The van der Waals surface area contributed by atoms with E-state index in [1.807, 2.05) is 0 Å². The van der Waals surface area contributed by atoms with Crippen molar-refractivity contribution >= 4 is 6.29 Å². The van der Waals surface area contributed by atoms with E-state index in [0.717, 1.165) is 6.07 Å². The van der Waals surface area contributed by atoms with Crippen LogP contribution >= 0.6 is 0 Å². The quantitative estimate of drug-likeness (QED) is 0.692. The maximum absolute atomic E-state index is 11.8. The van der Waals surface area contributed by atoms with E-state index < -0.39 is 6.36 Å². The minimum atomic E-state index is -4.73. The zero-order valence-corrected chi connectivity index (χ0v) is 7.26. The van der Waals surface area contributed by atoms with E-state index in [0.29, 0.717) is 11.8 Å². The fourth-order valence-corrected chi connectivity index (χ4v) is 1.04. The Hall–Kier alpha value is -1.52. The first-order valence-corrected chi connectivity index (χ1v) is 3.73. The molecule has 5 heteroatoms. The summed E-state index contributed by atoms with van der Waals surface area (Å²) in [4.78, 5) is 10.3. The first kappa shape index (κ1) is 10.6. The Labute approximate surface area is 78.3 Å². The molecule has 76 valence electrons. The lowest BCUT2D eigenvalue weighted by atomic mass is 10.1. The van der Waals surface area contributed by atoms with Crippen molar-refractivity contribution in [1.29, 1.82) is 0 Å². The van der Waals surface area contributed by atoms with E-state index >= 15 is 0 Å². The summed E-state index contributed by atoms with van der Waals surface area (Å²) in [6, 6.07) is 3.71. The maximum atomic E-state index is 11.8. The number of halogens is 3. The molecular formula is C9H7F3O2. The van der Waals surface area contributed by atoms with Gasteiger partial charge in [0.25, 0.3) is 0 Å². The van der Waals surface area contributed by atoms with Gasteiger partial charge in [0, 0.05) is 5.56 Å².